The summed E-state index contributed by atoms with van der Waals surface area (Å²) in [5.41, 5.74) is 0. The average molecular weight is 294 g/mol. The van der Waals surface area contributed by atoms with Gasteiger partial charge in [-0.1, -0.05) is 0 Å². The molecule has 1 atom stereocenters. The molecule has 1 aliphatic heterocycles. The highest BCUT2D eigenvalue weighted by Gasteiger charge is 2.43. The van der Waals surface area contributed by atoms with Crippen molar-refractivity contribution in [3.63, 3.8) is 0 Å². The highest BCUT2D eigenvalue weighted by Crippen LogP contribution is 2.31. The smallest absolute Gasteiger partial charge is 0.406 e. The van der Waals surface area contributed by atoms with Gasteiger partial charge < -0.3 is 14.9 Å². The number of aliphatic carboxylic acids is 1. The SMILES string of the molecule is O=C(O)C1CCCN(C(=O)N(CC(F)(F)F)C2CC2)C1. The van der Waals surface area contributed by atoms with Crippen molar-refractivity contribution in [1.82, 2.24) is 9.80 Å². The summed E-state index contributed by atoms with van der Waals surface area (Å²) in [6.45, 7) is -0.941. The second kappa shape index (κ2) is 5.49. The van der Waals surface area contributed by atoms with Crippen molar-refractivity contribution in [2.24, 2.45) is 5.92 Å². The van der Waals surface area contributed by atoms with Gasteiger partial charge >= 0.3 is 18.2 Å². The van der Waals surface area contributed by atoms with Gasteiger partial charge in [0.2, 0.25) is 0 Å². The van der Waals surface area contributed by atoms with Crippen LogP contribution in [0.4, 0.5) is 18.0 Å². The second-order valence-electron chi connectivity index (χ2n) is 5.38. The number of carboxylic acids is 1. The van der Waals surface area contributed by atoms with Gasteiger partial charge in [-0.3, -0.25) is 4.79 Å². The fourth-order valence-electron chi connectivity index (χ4n) is 2.47. The summed E-state index contributed by atoms with van der Waals surface area (Å²) in [5.74, 6) is -1.68. The maximum atomic E-state index is 12.5. The molecule has 0 aromatic carbocycles. The third-order valence-electron chi connectivity index (χ3n) is 3.62. The van der Waals surface area contributed by atoms with Gasteiger partial charge in [0.05, 0.1) is 5.92 Å². The molecule has 20 heavy (non-hydrogen) atoms. The lowest BCUT2D eigenvalue weighted by molar-refractivity contribution is -0.145. The number of rotatable bonds is 3. The summed E-state index contributed by atoms with van der Waals surface area (Å²) in [6.07, 6.45) is -2.30. The number of hydrogen-bond donors (Lipinski definition) is 1. The molecule has 1 N–H and O–H groups in total. The Labute approximate surface area is 114 Å². The van der Waals surface area contributed by atoms with Gasteiger partial charge in [-0.2, -0.15) is 13.2 Å². The minimum Gasteiger partial charge on any atom is -0.481 e. The van der Waals surface area contributed by atoms with E-state index in [2.05, 4.69) is 0 Å². The lowest BCUT2D eigenvalue weighted by atomic mass is 9.98. The van der Waals surface area contributed by atoms with Crippen LogP contribution in [0.1, 0.15) is 25.7 Å². The Morgan fingerprint density at radius 1 is 1.25 bits per heavy atom. The number of carbonyl (C=O) groups is 2. The molecular formula is C12H17F3N2O3. The summed E-state index contributed by atoms with van der Waals surface area (Å²) < 4.78 is 37.6. The first-order valence-corrected chi connectivity index (χ1v) is 6.63. The normalized spacial score (nSPS) is 23.6. The fourth-order valence-corrected chi connectivity index (χ4v) is 2.47. The molecule has 2 amide bonds. The van der Waals surface area contributed by atoms with Crippen LogP contribution in [0.5, 0.6) is 0 Å². The van der Waals surface area contributed by atoms with Gasteiger partial charge in [0.1, 0.15) is 6.54 Å². The molecule has 0 bridgehead atoms. The molecule has 1 heterocycles. The maximum Gasteiger partial charge on any atom is 0.406 e. The first-order chi connectivity index (χ1) is 9.28. The van der Waals surface area contributed by atoms with Crippen molar-refractivity contribution in [3.8, 4) is 0 Å². The van der Waals surface area contributed by atoms with Crippen LogP contribution < -0.4 is 0 Å². The molecule has 114 valence electrons. The molecule has 2 aliphatic rings. The molecule has 2 rings (SSSR count). The molecule has 5 nitrogen and oxygen atoms in total. The minimum atomic E-state index is -4.43. The molecular weight excluding hydrogens is 277 g/mol. The van der Waals surface area contributed by atoms with E-state index in [1.165, 1.54) is 4.90 Å². The summed E-state index contributed by atoms with van der Waals surface area (Å²) in [5, 5.41) is 8.95. The Morgan fingerprint density at radius 3 is 2.40 bits per heavy atom. The predicted molar refractivity (Wildman–Crippen MR) is 63.1 cm³/mol. The second-order valence-corrected chi connectivity index (χ2v) is 5.38. The van der Waals surface area contributed by atoms with Crippen LogP contribution in [0.15, 0.2) is 0 Å². The van der Waals surface area contributed by atoms with Gasteiger partial charge in [0.25, 0.3) is 0 Å². The Morgan fingerprint density at radius 2 is 1.90 bits per heavy atom. The maximum absolute atomic E-state index is 12.5. The van der Waals surface area contributed by atoms with Crippen molar-refractivity contribution >= 4 is 12.0 Å². The summed E-state index contributed by atoms with van der Waals surface area (Å²) >= 11 is 0. The highest BCUT2D eigenvalue weighted by molar-refractivity contribution is 5.77. The average Bonchev–Trinajstić information content (AvgIpc) is 3.18. The Hall–Kier alpha value is -1.47. The highest BCUT2D eigenvalue weighted by atomic mass is 19.4. The Kier molecular flexibility index (Phi) is 4.10. The molecule has 1 saturated heterocycles. The lowest BCUT2D eigenvalue weighted by Crippen LogP contribution is -2.51. The first kappa shape index (κ1) is 14.9. The van der Waals surface area contributed by atoms with E-state index >= 15 is 0 Å². The van der Waals surface area contributed by atoms with E-state index in [-0.39, 0.29) is 12.6 Å². The largest absolute Gasteiger partial charge is 0.481 e. The van der Waals surface area contributed by atoms with Crippen LogP contribution in [0.25, 0.3) is 0 Å². The van der Waals surface area contributed by atoms with Crippen LogP contribution in [-0.2, 0) is 4.79 Å². The quantitative estimate of drug-likeness (QED) is 0.865. The number of likely N-dealkylation sites (tertiary alicyclic amines) is 1. The molecule has 0 aromatic rings. The number of carbonyl (C=O) groups excluding carboxylic acids is 1. The van der Waals surface area contributed by atoms with Crippen LogP contribution in [-0.4, -0.2) is 58.8 Å². The number of urea groups is 1. The van der Waals surface area contributed by atoms with E-state index in [9.17, 15) is 22.8 Å². The van der Waals surface area contributed by atoms with Gasteiger partial charge in [-0.25, -0.2) is 4.79 Å². The fraction of sp³-hybridized carbons (Fsp3) is 0.833. The van der Waals surface area contributed by atoms with Gasteiger partial charge in [-0.05, 0) is 25.7 Å². The van der Waals surface area contributed by atoms with E-state index in [1.807, 2.05) is 0 Å². The Balaban J connectivity index is 2.01. The zero-order valence-corrected chi connectivity index (χ0v) is 10.9. The summed E-state index contributed by atoms with van der Waals surface area (Å²) in [7, 11) is 0. The monoisotopic (exact) mass is 294 g/mol. The van der Waals surface area contributed by atoms with Gasteiger partial charge in [-0.15, -0.1) is 0 Å². The van der Waals surface area contributed by atoms with Crippen LogP contribution >= 0.6 is 0 Å². The molecule has 1 saturated carbocycles. The third-order valence-corrected chi connectivity index (χ3v) is 3.62. The number of carboxylic acid groups (broad SMARTS) is 1. The topological polar surface area (TPSA) is 60.9 Å². The van der Waals surface area contributed by atoms with Gasteiger partial charge in [0.15, 0.2) is 0 Å². The molecule has 0 spiro atoms. The summed E-state index contributed by atoms with van der Waals surface area (Å²) in [4.78, 5) is 25.2. The zero-order valence-electron chi connectivity index (χ0n) is 10.9. The van der Waals surface area contributed by atoms with Crippen molar-refractivity contribution in [2.45, 2.75) is 37.9 Å². The van der Waals surface area contributed by atoms with Crippen molar-refractivity contribution in [1.29, 1.82) is 0 Å². The number of piperidine rings is 1. The standard InChI is InChI=1S/C12H17F3N2O3/c13-12(14,15)7-17(9-3-4-9)11(20)16-5-1-2-8(6-16)10(18)19/h8-9H,1-7H2,(H,18,19). The van der Waals surface area contributed by atoms with E-state index < -0.39 is 30.6 Å². The van der Waals surface area contributed by atoms with E-state index in [0.717, 1.165) is 4.90 Å². The number of hydrogen-bond acceptors (Lipinski definition) is 2. The molecule has 2 fully saturated rings. The first-order valence-electron chi connectivity index (χ1n) is 6.63. The van der Waals surface area contributed by atoms with Crippen LogP contribution in [0.2, 0.25) is 0 Å². The third kappa shape index (κ3) is 3.77. The Bertz CT molecular complexity index is 396. The molecule has 8 heteroatoms. The minimum absolute atomic E-state index is 0.00472. The molecule has 0 aromatic heterocycles. The number of nitrogens with zero attached hydrogens (tertiary/aromatic N) is 2. The van der Waals surface area contributed by atoms with Crippen molar-refractivity contribution < 1.29 is 27.9 Å². The van der Waals surface area contributed by atoms with Gasteiger partial charge in [0, 0.05) is 19.1 Å². The summed E-state index contributed by atoms with van der Waals surface area (Å²) in [6, 6.07) is -1.04. The molecule has 1 unspecified atom stereocenters. The van der Waals surface area contributed by atoms with E-state index in [0.29, 0.717) is 32.2 Å². The lowest BCUT2D eigenvalue weighted by Gasteiger charge is -2.35. The van der Waals surface area contributed by atoms with Crippen molar-refractivity contribution in [3.05, 3.63) is 0 Å². The molecule has 0 radical (unpaired) electrons. The zero-order chi connectivity index (χ0) is 14.9. The number of amides is 2. The predicted octanol–water partition coefficient (Wildman–Crippen LogP) is 1.93. The van der Waals surface area contributed by atoms with Crippen LogP contribution in [0.3, 0.4) is 0 Å². The number of alkyl halides is 3. The van der Waals surface area contributed by atoms with Crippen LogP contribution in [0, 0.1) is 5.92 Å². The van der Waals surface area contributed by atoms with E-state index in [1.54, 1.807) is 0 Å². The molecule has 1 aliphatic carbocycles. The van der Waals surface area contributed by atoms with Crippen molar-refractivity contribution in [2.75, 3.05) is 19.6 Å². The number of halogens is 3. The van der Waals surface area contributed by atoms with E-state index in [4.69, 9.17) is 5.11 Å².